The van der Waals surface area contributed by atoms with E-state index in [1.54, 1.807) is 19.1 Å². The van der Waals surface area contributed by atoms with Gasteiger partial charge in [0.1, 0.15) is 0 Å². The molecule has 146 valence electrons. The maximum Gasteiger partial charge on any atom is 0.251 e. The number of rotatable bonds is 5. The minimum Gasteiger partial charge on any atom is -0.348 e. The van der Waals surface area contributed by atoms with E-state index in [1.807, 2.05) is 0 Å². The molecule has 1 saturated heterocycles. The Balaban J connectivity index is 0.00000243. The van der Waals surface area contributed by atoms with Gasteiger partial charge in [-0.3, -0.25) is 4.79 Å². The highest BCUT2D eigenvalue weighted by Gasteiger charge is 2.25. The van der Waals surface area contributed by atoms with Crippen molar-refractivity contribution in [1.29, 1.82) is 0 Å². The summed E-state index contributed by atoms with van der Waals surface area (Å²) in [6, 6.07) is 5.00. The standard InChI is InChI=1S/C18H27N3O3S.ClH/c1-13-8-9-14(18(22)20-16-7-4-10-19-12-16)11-17(13)25(23,24)21-15-5-2-3-6-15;/h8-9,11,15-16,19,21H,2-7,10,12H2,1H3,(H,20,22);1H. The van der Waals surface area contributed by atoms with E-state index in [0.29, 0.717) is 11.1 Å². The second-order valence-corrected chi connectivity index (χ2v) is 8.78. The summed E-state index contributed by atoms with van der Waals surface area (Å²) in [5.74, 6) is -0.217. The molecule has 0 bridgehead atoms. The Labute approximate surface area is 162 Å². The Morgan fingerprint density at radius 2 is 1.81 bits per heavy atom. The third-order valence-electron chi connectivity index (χ3n) is 5.05. The lowest BCUT2D eigenvalue weighted by atomic mass is 10.1. The van der Waals surface area contributed by atoms with Gasteiger partial charge in [-0.15, -0.1) is 12.4 Å². The third-order valence-corrected chi connectivity index (χ3v) is 6.71. The highest BCUT2D eigenvalue weighted by Crippen LogP contribution is 2.22. The normalized spacial score (nSPS) is 21.2. The van der Waals surface area contributed by atoms with Crippen molar-refractivity contribution < 1.29 is 13.2 Å². The quantitative estimate of drug-likeness (QED) is 0.705. The summed E-state index contributed by atoms with van der Waals surface area (Å²) in [5, 5.41) is 6.25. The zero-order valence-electron chi connectivity index (χ0n) is 15.1. The molecule has 1 aromatic rings. The molecule has 26 heavy (non-hydrogen) atoms. The molecule has 1 aliphatic heterocycles. The van der Waals surface area contributed by atoms with Gasteiger partial charge < -0.3 is 10.6 Å². The molecule has 8 heteroatoms. The number of sulfonamides is 1. The van der Waals surface area contributed by atoms with Gasteiger partial charge in [0.15, 0.2) is 0 Å². The van der Waals surface area contributed by atoms with Crippen LogP contribution in [-0.4, -0.2) is 39.5 Å². The predicted molar refractivity (Wildman–Crippen MR) is 104 cm³/mol. The van der Waals surface area contributed by atoms with Crippen molar-refractivity contribution in [3.05, 3.63) is 29.3 Å². The van der Waals surface area contributed by atoms with Crippen LogP contribution in [0.1, 0.15) is 54.4 Å². The first-order valence-corrected chi connectivity index (χ1v) is 10.6. The Morgan fingerprint density at radius 1 is 1.12 bits per heavy atom. The first-order chi connectivity index (χ1) is 12.0. The van der Waals surface area contributed by atoms with Gasteiger partial charge >= 0.3 is 0 Å². The van der Waals surface area contributed by atoms with Gasteiger partial charge in [-0.2, -0.15) is 0 Å². The van der Waals surface area contributed by atoms with Crippen LogP contribution in [0.4, 0.5) is 0 Å². The number of carbonyl (C=O) groups is 1. The highest BCUT2D eigenvalue weighted by molar-refractivity contribution is 7.89. The van der Waals surface area contributed by atoms with Crippen LogP contribution in [0.25, 0.3) is 0 Å². The van der Waals surface area contributed by atoms with Crippen molar-refractivity contribution in [3.63, 3.8) is 0 Å². The first-order valence-electron chi connectivity index (χ1n) is 9.10. The number of aryl methyl sites for hydroxylation is 1. The molecule has 1 unspecified atom stereocenters. The Morgan fingerprint density at radius 3 is 2.46 bits per heavy atom. The van der Waals surface area contributed by atoms with Crippen LogP contribution in [0, 0.1) is 6.92 Å². The monoisotopic (exact) mass is 401 g/mol. The van der Waals surface area contributed by atoms with Crippen LogP contribution in [0.3, 0.4) is 0 Å². The van der Waals surface area contributed by atoms with Crippen molar-refractivity contribution in [2.75, 3.05) is 13.1 Å². The summed E-state index contributed by atoms with van der Waals surface area (Å²) in [4.78, 5) is 12.7. The molecule has 2 fully saturated rings. The molecule has 1 saturated carbocycles. The van der Waals surface area contributed by atoms with Gasteiger partial charge in [0, 0.05) is 24.2 Å². The summed E-state index contributed by atoms with van der Waals surface area (Å²) < 4.78 is 28.2. The average molecular weight is 402 g/mol. The molecule has 0 radical (unpaired) electrons. The Hall–Kier alpha value is -1.15. The number of piperidine rings is 1. The minimum atomic E-state index is -3.61. The molecular formula is C18H28ClN3O3S. The van der Waals surface area contributed by atoms with Crippen LogP contribution in [0.15, 0.2) is 23.1 Å². The molecule has 0 spiro atoms. The number of nitrogens with one attached hydrogen (secondary N) is 3. The van der Waals surface area contributed by atoms with Gasteiger partial charge in [-0.1, -0.05) is 18.9 Å². The van der Waals surface area contributed by atoms with Crippen molar-refractivity contribution in [3.8, 4) is 0 Å². The van der Waals surface area contributed by atoms with Crippen LogP contribution >= 0.6 is 12.4 Å². The van der Waals surface area contributed by atoms with Gasteiger partial charge in [0.2, 0.25) is 10.0 Å². The number of hydrogen-bond donors (Lipinski definition) is 3. The van der Waals surface area contributed by atoms with E-state index in [4.69, 9.17) is 0 Å². The molecule has 2 aliphatic rings. The number of halogens is 1. The number of benzene rings is 1. The van der Waals surface area contributed by atoms with E-state index in [2.05, 4.69) is 15.4 Å². The molecule has 0 aromatic heterocycles. The smallest absolute Gasteiger partial charge is 0.251 e. The number of carbonyl (C=O) groups excluding carboxylic acids is 1. The maximum absolute atomic E-state index is 12.7. The minimum absolute atomic E-state index is 0. The summed E-state index contributed by atoms with van der Waals surface area (Å²) in [6.45, 7) is 3.49. The van der Waals surface area contributed by atoms with Crippen LogP contribution < -0.4 is 15.4 Å². The zero-order valence-corrected chi connectivity index (χ0v) is 16.7. The topological polar surface area (TPSA) is 87.3 Å². The van der Waals surface area contributed by atoms with Crippen molar-refractivity contribution in [1.82, 2.24) is 15.4 Å². The van der Waals surface area contributed by atoms with Gasteiger partial charge in [0.25, 0.3) is 5.91 Å². The summed E-state index contributed by atoms with van der Waals surface area (Å²) in [6.07, 6.45) is 5.86. The van der Waals surface area contributed by atoms with E-state index < -0.39 is 10.0 Å². The van der Waals surface area contributed by atoms with Crippen LogP contribution in [0.2, 0.25) is 0 Å². The molecular weight excluding hydrogens is 374 g/mol. The molecule has 3 rings (SSSR count). The molecule has 1 amide bonds. The number of hydrogen-bond acceptors (Lipinski definition) is 4. The largest absolute Gasteiger partial charge is 0.348 e. The molecule has 1 aliphatic carbocycles. The fourth-order valence-corrected chi connectivity index (χ4v) is 5.18. The molecule has 6 nitrogen and oxygen atoms in total. The fraction of sp³-hybridized carbons (Fsp3) is 0.611. The van der Waals surface area contributed by atoms with E-state index in [9.17, 15) is 13.2 Å². The van der Waals surface area contributed by atoms with E-state index >= 15 is 0 Å². The van der Waals surface area contributed by atoms with E-state index in [1.165, 1.54) is 6.07 Å². The molecule has 1 atom stereocenters. The lowest BCUT2D eigenvalue weighted by Gasteiger charge is -2.24. The first kappa shape index (κ1) is 21.2. The summed E-state index contributed by atoms with van der Waals surface area (Å²) >= 11 is 0. The molecule has 3 N–H and O–H groups in total. The SMILES string of the molecule is Cc1ccc(C(=O)NC2CCCNC2)cc1S(=O)(=O)NC1CCCC1.Cl. The Bertz CT molecular complexity index is 727. The number of amides is 1. The van der Waals surface area contributed by atoms with E-state index in [0.717, 1.165) is 51.6 Å². The van der Waals surface area contributed by atoms with Crippen molar-refractivity contribution in [2.24, 2.45) is 0 Å². The van der Waals surface area contributed by atoms with Gasteiger partial charge in [0.05, 0.1) is 4.90 Å². The molecule has 1 aromatic carbocycles. The van der Waals surface area contributed by atoms with Gasteiger partial charge in [-0.05, 0) is 56.8 Å². The second-order valence-electron chi connectivity index (χ2n) is 7.10. The molecule has 1 heterocycles. The predicted octanol–water partition coefficient (Wildman–Crippen LogP) is 2.12. The lowest BCUT2D eigenvalue weighted by Crippen LogP contribution is -2.45. The average Bonchev–Trinajstić information content (AvgIpc) is 3.08. The second kappa shape index (κ2) is 9.17. The summed E-state index contributed by atoms with van der Waals surface area (Å²) in [5.41, 5.74) is 1.05. The zero-order chi connectivity index (χ0) is 17.9. The van der Waals surface area contributed by atoms with Crippen LogP contribution in [0.5, 0.6) is 0 Å². The van der Waals surface area contributed by atoms with Crippen molar-refractivity contribution >= 4 is 28.3 Å². The van der Waals surface area contributed by atoms with Crippen molar-refractivity contribution in [2.45, 2.75) is 62.4 Å². The fourth-order valence-electron chi connectivity index (χ4n) is 3.60. The Kier molecular flexibility index (Phi) is 7.46. The highest BCUT2D eigenvalue weighted by atomic mass is 35.5. The summed E-state index contributed by atoms with van der Waals surface area (Å²) in [7, 11) is -3.61. The van der Waals surface area contributed by atoms with Crippen LogP contribution in [-0.2, 0) is 10.0 Å². The van der Waals surface area contributed by atoms with E-state index in [-0.39, 0.29) is 35.3 Å². The third kappa shape index (κ3) is 5.19. The van der Waals surface area contributed by atoms with Gasteiger partial charge in [-0.25, -0.2) is 13.1 Å². The maximum atomic E-state index is 12.7. The lowest BCUT2D eigenvalue weighted by molar-refractivity contribution is 0.0930.